The molecule has 0 N–H and O–H groups in total. The molecule has 0 fully saturated rings. The van der Waals surface area contributed by atoms with Gasteiger partial charge in [-0.3, -0.25) is 4.98 Å². The van der Waals surface area contributed by atoms with Gasteiger partial charge in [0.15, 0.2) is 0 Å². The van der Waals surface area contributed by atoms with Crippen LogP contribution in [-0.4, -0.2) is 9.55 Å². The van der Waals surface area contributed by atoms with Crippen molar-refractivity contribution in [3.05, 3.63) is 77.4 Å². The van der Waals surface area contributed by atoms with Crippen LogP contribution in [0.2, 0.25) is 0 Å². The number of aryl methyl sites for hydroxylation is 4. The van der Waals surface area contributed by atoms with Gasteiger partial charge in [0, 0.05) is 38.2 Å². The standard InChI is InChI=1S/C25H20FN2.Ir/c1-14-9-11-17(16(3)13-14)21-15(2)10-12-20-22(21)18-7-5-6-8-19(18)24-23(20)27-25(26)28(24)4;/h5-11,13H,1-4H3;/q-1;. The Morgan fingerprint density at radius 1 is 0.966 bits per heavy atom. The van der Waals surface area contributed by atoms with Gasteiger partial charge in [0.2, 0.25) is 0 Å². The summed E-state index contributed by atoms with van der Waals surface area (Å²) in [6.07, 6.45) is -0.477. The molecule has 4 aromatic carbocycles. The van der Waals surface area contributed by atoms with Crippen molar-refractivity contribution in [1.82, 2.24) is 9.55 Å². The van der Waals surface area contributed by atoms with E-state index in [9.17, 15) is 4.39 Å². The molecule has 147 valence electrons. The van der Waals surface area contributed by atoms with E-state index in [1.54, 1.807) is 7.05 Å². The minimum Gasteiger partial charge on any atom is -0.312 e. The predicted octanol–water partition coefficient (Wildman–Crippen LogP) is 6.41. The number of rotatable bonds is 1. The smallest absolute Gasteiger partial charge is 0.279 e. The van der Waals surface area contributed by atoms with Crippen LogP contribution >= 0.6 is 0 Å². The average molecular weight is 560 g/mol. The van der Waals surface area contributed by atoms with E-state index in [2.05, 4.69) is 56.1 Å². The molecule has 5 rings (SSSR count). The molecule has 1 heterocycles. The number of fused-ring (bicyclic) bond motifs is 6. The van der Waals surface area contributed by atoms with Gasteiger partial charge in [-0.05, 0) is 30.4 Å². The molecule has 2 nitrogen and oxygen atoms in total. The van der Waals surface area contributed by atoms with Gasteiger partial charge in [0.1, 0.15) is 0 Å². The van der Waals surface area contributed by atoms with Crippen LogP contribution in [-0.2, 0) is 27.2 Å². The Balaban J connectivity index is 0.00000205. The predicted molar refractivity (Wildman–Crippen MR) is 114 cm³/mol. The second-order valence-electron chi connectivity index (χ2n) is 7.60. The summed E-state index contributed by atoms with van der Waals surface area (Å²) in [5, 5.41) is 4.07. The van der Waals surface area contributed by atoms with Crippen LogP contribution in [0, 0.1) is 32.9 Å². The summed E-state index contributed by atoms with van der Waals surface area (Å²) in [6, 6.07) is 20.1. The van der Waals surface area contributed by atoms with E-state index < -0.39 is 6.08 Å². The number of nitrogens with zero attached hydrogens (tertiary/aromatic N) is 2. The van der Waals surface area contributed by atoms with E-state index in [1.807, 2.05) is 24.3 Å². The molecular weight excluding hydrogens is 540 g/mol. The summed E-state index contributed by atoms with van der Waals surface area (Å²) in [5.74, 6) is 0. The van der Waals surface area contributed by atoms with Gasteiger partial charge < -0.3 is 4.57 Å². The normalized spacial score (nSPS) is 11.3. The molecule has 0 spiro atoms. The Kier molecular flexibility index (Phi) is 4.80. The average Bonchev–Trinajstić information content (AvgIpc) is 2.97. The van der Waals surface area contributed by atoms with Crippen molar-refractivity contribution in [3.63, 3.8) is 0 Å². The molecule has 0 aliphatic carbocycles. The Morgan fingerprint density at radius 3 is 2.41 bits per heavy atom. The van der Waals surface area contributed by atoms with E-state index >= 15 is 0 Å². The summed E-state index contributed by atoms with van der Waals surface area (Å²) in [5.41, 5.74) is 7.47. The van der Waals surface area contributed by atoms with Crippen molar-refractivity contribution in [2.45, 2.75) is 20.8 Å². The Hall–Kier alpha value is -2.55. The van der Waals surface area contributed by atoms with E-state index in [4.69, 9.17) is 0 Å². The minimum atomic E-state index is -0.477. The third kappa shape index (κ3) is 2.82. The molecule has 4 heteroatoms. The Labute approximate surface area is 182 Å². The van der Waals surface area contributed by atoms with Gasteiger partial charge in [-0.25, -0.2) is 0 Å². The molecule has 1 radical (unpaired) electrons. The molecule has 0 saturated heterocycles. The van der Waals surface area contributed by atoms with Crippen molar-refractivity contribution < 1.29 is 24.5 Å². The molecule has 0 aliphatic heterocycles. The zero-order chi connectivity index (χ0) is 19.6. The first-order valence-corrected chi connectivity index (χ1v) is 9.42. The molecule has 0 atom stereocenters. The summed E-state index contributed by atoms with van der Waals surface area (Å²) < 4.78 is 16.0. The van der Waals surface area contributed by atoms with E-state index in [-0.39, 0.29) is 20.1 Å². The Bertz CT molecular complexity index is 1420. The zero-order valence-electron chi connectivity index (χ0n) is 16.7. The largest absolute Gasteiger partial charge is 0.312 e. The van der Waals surface area contributed by atoms with E-state index in [0.29, 0.717) is 5.52 Å². The van der Waals surface area contributed by atoms with Crippen LogP contribution < -0.4 is 0 Å². The maximum absolute atomic E-state index is 14.4. The molecule has 0 unspecified atom stereocenters. The first-order chi connectivity index (χ1) is 13.5. The quantitative estimate of drug-likeness (QED) is 0.172. The van der Waals surface area contributed by atoms with Gasteiger partial charge >= 0.3 is 0 Å². The number of hydrogen-bond acceptors (Lipinski definition) is 1. The zero-order valence-corrected chi connectivity index (χ0v) is 19.1. The second kappa shape index (κ2) is 7.05. The number of halogens is 1. The van der Waals surface area contributed by atoms with E-state index in [0.717, 1.165) is 32.6 Å². The first-order valence-electron chi connectivity index (χ1n) is 9.42. The fourth-order valence-corrected chi connectivity index (χ4v) is 4.41. The number of benzene rings is 4. The maximum Gasteiger partial charge on any atom is 0.279 e. The topological polar surface area (TPSA) is 17.8 Å². The molecule has 0 aliphatic rings. The van der Waals surface area contributed by atoms with Crippen molar-refractivity contribution in [2.24, 2.45) is 7.05 Å². The van der Waals surface area contributed by atoms with Crippen molar-refractivity contribution in [1.29, 1.82) is 0 Å². The molecule has 0 bridgehead atoms. The molecule has 5 aromatic rings. The SMILES string of the molecule is Cc1ccc(-c2c(C)c[c-]c3c4nc(F)n(C)c4c4ccccc4c23)c(C)c1.[Ir]. The summed E-state index contributed by atoms with van der Waals surface area (Å²) in [4.78, 5) is 4.26. The van der Waals surface area contributed by atoms with Crippen LogP contribution in [0.5, 0.6) is 0 Å². The van der Waals surface area contributed by atoms with Crippen LogP contribution in [0.3, 0.4) is 0 Å². The summed E-state index contributed by atoms with van der Waals surface area (Å²) in [7, 11) is 1.72. The van der Waals surface area contributed by atoms with Crippen LogP contribution in [0.25, 0.3) is 43.7 Å². The van der Waals surface area contributed by atoms with Crippen LogP contribution in [0.4, 0.5) is 4.39 Å². The van der Waals surface area contributed by atoms with Gasteiger partial charge in [-0.2, -0.15) is 4.39 Å². The second-order valence-corrected chi connectivity index (χ2v) is 7.60. The minimum absolute atomic E-state index is 0. The molecular formula is C25H20FIrN2-. The third-order valence-corrected chi connectivity index (χ3v) is 5.71. The number of imidazole rings is 1. The van der Waals surface area contributed by atoms with Gasteiger partial charge in [-0.15, -0.1) is 23.1 Å². The third-order valence-electron chi connectivity index (χ3n) is 5.71. The van der Waals surface area contributed by atoms with E-state index in [1.165, 1.54) is 26.8 Å². The van der Waals surface area contributed by atoms with Crippen molar-refractivity contribution >= 4 is 32.6 Å². The summed E-state index contributed by atoms with van der Waals surface area (Å²) in [6.45, 7) is 6.37. The number of aromatic nitrogens is 2. The first kappa shape index (κ1) is 19.8. The van der Waals surface area contributed by atoms with Gasteiger partial charge in [0.25, 0.3) is 6.08 Å². The summed E-state index contributed by atoms with van der Waals surface area (Å²) >= 11 is 0. The molecule has 0 saturated carbocycles. The number of hydrogen-bond donors (Lipinski definition) is 0. The monoisotopic (exact) mass is 560 g/mol. The van der Waals surface area contributed by atoms with Crippen LogP contribution in [0.15, 0.2) is 48.5 Å². The van der Waals surface area contributed by atoms with Crippen molar-refractivity contribution in [3.8, 4) is 11.1 Å². The molecule has 0 amide bonds. The fraction of sp³-hybridized carbons (Fsp3) is 0.160. The fourth-order valence-electron chi connectivity index (χ4n) is 4.41. The van der Waals surface area contributed by atoms with Gasteiger partial charge in [0.05, 0.1) is 0 Å². The molecule has 1 aromatic heterocycles. The van der Waals surface area contributed by atoms with Gasteiger partial charge in [-0.1, -0.05) is 71.3 Å². The molecule has 29 heavy (non-hydrogen) atoms. The van der Waals surface area contributed by atoms with Crippen LogP contribution in [0.1, 0.15) is 16.7 Å². The van der Waals surface area contributed by atoms with Crippen molar-refractivity contribution in [2.75, 3.05) is 0 Å². The Morgan fingerprint density at radius 2 is 1.69 bits per heavy atom. The maximum atomic E-state index is 14.4.